The second kappa shape index (κ2) is 4.65. The molecule has 0 heterocycles. The summed E-state index contributed by atoms with van der Waals surface area (Å²) in [6.45, 7) is 5.25. The van der Waals surface area contributed by atoms with Crippen molar-refractivity contribution in [1.29, 1.82) is 0 Å². The molecule has 1 aromatic carbocycles. The van der Waals surface area contributed by atoms with E-state index >= 15 is 0 Å². The fraction of sp³-hybridized carbons (Fsp3) is 0.385. The van der Waals surface area contributed by atoms with Crippen molar-refractivity contribution in [2.24, 2.45) is 5.41 Å². The van der Waals surface area contributed by atoms with Crippen molar-refractivity contribution < 1.29 is 19.1 Å². The molecule has 0 unspecified atom stereocenters. The Hall–Kier alpha value is -1.71. The Morgan fingerprint density at radius 3 is 2.29 bits per heavy atom. The molecular formula is C13H15FO3. The van der Waals surface area contributed by atoms with E-state index in [1.54, 1.807) is 20.8 Å². The predicted octanol–water partition coefficient (Wildman–Crippen LogP) is 2.68. The van der Waals surface area contributed by atoms with E-state index in [1.807, 2.05) is 0 Å². The van der Waals surface area contributed by atoms with Crippen molar-refractivity contribution in [3.63, 3.8) is 0 Å². The summed E-state index contributed by atoms with van der Waals surface area (Å²) in [5.41, 5.74) is -0.229. The zero-order valence-corrected chi connectivity index (χ0v) is 10.1. The van der Waals surface area contributed by atoms with Gasteiger partial charge in [0.05, 0.1) is 6.42 Å². The average Bonchev–Trinajstić information content (AvgIpc) is 2.18. The highest BCUT2D eigenvalue weighted by atomic mass is 19.1. The Morgan fingerprint density at radius 1 is 1.29 bits per heavy atom. The SMILES string of the molecule is CC(C)(C)C(=O)c1ccc(CC(=O)O)c(F)c1. The van der Waals surface area contributed by atoms with Crippen molar-refractivity contribution in [3.05, 3.63) is 35.1 Å². The summed E-state index contributed by atoms with van der Waals surface area (Å²) in [5.74, 6) is -1.92. The molecular weight excluding hydrogens is 223 g/mol. The third kappa shape index (κ3) is 3.37. The summed E-state index contributed by atoms with van der Waals surface area (Å²) in [4.78, 5) is 22.3. The molecule has 0 bridgehead atoms. The molecule has 17 heavy (non-hydrogen) atoms. The van der Waals surface area contributed by atoms with Gasteiger partial charge < -0.3 is 5.11 Å². The molecule has 0 aromatic heterocycles. The van der Waals surface area contributed by atoms with E-state index in [2.05, 4.69) is 0 Å². The van der Waals surface area contributed by atoms with E-state index in [0.717, 1.165) is 6.07 Å². The van der Waals surface area contributed by atoms with Gasteiger partial charge in [0.1, 0.15) is 5.82 Å². The monoisotopic (exact) mass is 238 g/mol. The van der Waals surface area contributed by atoms with Crippen LogP contribution in [-0.4, -0.2) is 16.9 Å². The van der Waals surface area contributed by atoms with Crippen molar-refractivity contribution in [1.82, 2.24) is 0 Å². The molecule has 0 atom stereocenters. The Labute approximate surface area is 99.3 Å². The summed E-state index contributed by atoms with van der Waals surface area (Å²) >= 11 is 0. The minimum atomic E-state index is -1.10. The highest BCUT2D eigenvalue weighted by molar-refractivity contribution is 5.99. The number of carbonyl (C=O) groups excluding carboxylic acids is 1. The van der Waals surface area contributed by atoms with Gasteiger partial charge in [-0.2, -0.15) is 0 Å². The third-order valence-electron chi connectivity index (χ3n) is 2.34. The largest absolute Gasteiger partial charge is 0.481 e. The lowest BCUT2D eigenvalue weighted by atomic mass is 9.86. The van der Waals surface area contributed by atoms with Gasteiger partial charge in [0.15, 0.2) is 5.78 Å². The first-order valence-electron chi connectivity index (χ1n) is 5.27. The fourth-order valence-electron chi connectivity index (χ4n) is 1.43. The molecule has 0 amide bonds. The fourth-order valence-corrected chi connectivity index (χ4v) is 1.43. The van der Waals surface area contributed by atoms with Gasteiger partial charge in [0.2, 0.25) is 0 Å². The first-order valence-corrected chi connectivity index (χ1v) is 5.27. The Balaban J connectivity index is 3.05. The van der Waals surface area contributed by atoms with Crippen molar-refractivity contribution in [3.8, 4) is 0 Å². The van der Waals surface area contributed by atoms with Gasteiger partial charge in [0.25, 0.3) is 0 Å². The van der Waals surface area contributed by atoms with Crippen LogP contribution < -0.4 is 0 Å². The normalized spacial score (nSPS) is 11.3. The molecule has 0 aliphatic rings. The van der Waals surface area contributed by atoms with Gasteiger partial charge in [-0.25, -0.2) is 4.39 Å². The summed E-state index contributed by atoms with van der Waals surface area (Å²) in [7, 11) is 0. The standard InChI is InChI=1S/C13H15FO3/c1-13(2,3)12(17)9-5-4-8(7-11(15)16)10(14)6-9/h4-6H,7H2,1-3H3,(H,15,16). The number of carbonyl (C=O) groups is 2. The molecule has 0 aliphatic heterocycles. The van der Waals surface area contributed by atoms with Crippen LogP contribution >= 0.6 is 0 Å². The number of hydrogen-bond acceptors (Lipinski definition) is 2. The average molecular weight is 238 g/mol. The lowest BCUT2D eigenvalue weighted by molar-refractivity contribution is -0.136. The van der Waals surface area contributed by atoms with E-state index in [4.69, 9.17) is 5.11 Å². The maximum atomic E-state index is 13.5. The van der Waals surface area contributed by atoms with E-state index in [1.165, 1.54) is 12.1 Å². The molecule has 0 saturated heterocycles. The van der Waals surface area contributed by atoms with E-state index in [9.17, 15) is 14.0 Å². The molecule has 3 nitrogen and oxygen atoms in total. The topological polar surface area (TPSA) is 54.4 Å². The van der Waals surface area contributed by atoms with Gasteiger partial charge in [0, 0.05) is 11.0 Å². The third-order valence-corrected chi connectivity index (χ3v) is 2.34. The van der Waals surface area contributed by atoms with Crippen molar-refractivity contribution in [2.45, 2.75) is 27.2 Å². The molecule has 1 N–H and O–H groups in total. The maximum Gasteiger partial charge on any atom is 0.307 e. The maximum absolute atomic E-state index is 13.5. The predicted molar refractivity (Wildman–Crippen MR) is 61.5 cm³/mol. The number of aliphatic carboxylic acids is 1. The second-order valence-electron chi connectivity index (χ2n) is 4.96. The molecule has 1 aromatic rings. The van der Waals surface area contributed by atoms with Crippen LogP contribution in [0.1, 0.15) is 36.7 Å². The summed E-state index contributed by atoms with van der Waals surface area (Å²) in [6.07, 6.45) is -0.379. The van der Waals surface area contributed by atoms with Gasteiger partial charge >= 0.3 is 5.97 Å². The number of rotatable bonds is 3. The Morgan fingerprint density at radius 2 is 1.88 bits per heavy atom. The van der Waals surface area contributed by atoms with E-state index < -0.39 is 17.2 Å². The Kier molecular flexibility index (Phi) is 3.66. The molecule has 0 fully saturated rings. The van der Waals surface area contributed by atoms with E-state index in [0.29, 0.717) is 0 Å². The number of Topliss-reactive ketones (excluding diaryl/α,β-unsaturated/α-hetero) is 1. The number of benzene rings is 1. The molecule has 0 radical (unpaired) electrons. The minimum absolute atomic E-state index is 0.0861. The molecule has 0 aliphatic carbocycles. The minimum Gasteiger partial charge on any atom is -0.481 e. The summed E-state index contributed by atoms with van der Waals surface area (Å²) < 4.78 is 13.5. The van der Waals surface area contributed by atoms with Crippen molar-refractivity contribution in [2.75, 3.05) is 0 Å². The molecule has 1 rings (SSSR count). The number of carboxylic acid groups (broad SMARTS) is 1. The van der Waals surface area contributed by atoms with E-state index in [-0.39, 0.29) is 23.3 Å². The molecule has 4 heteroatoms. The van der Waals surface area contributed by atoms with Crippen LogP contribution in [0.25, 0.3) is 0 Å². The van der Waals surface area contributed by atoms with Crippen LogP contribution in [0.5, 0.6) is 0 Å². The van der Waals surface area contributed by atoms with Crippen LogP contribution in [0.2, 0.25) is 0 Å². The quantitative estimate of drug-likeness (QED) is 0.824. The lowest BCUT2D eigenvalue weighted by Gasteiger charge is -2.16. The first kappa shape index (κ1) is 13.4. The Bertz CT molecular complexity index is 458. The zero-order chi connectivity index (χ0) is 13.2. The van der Waals surface area contributed by atoms with Crippen LogP contribution in [-0.2, 0) is 11.2 Å². The van der Waals surface area contributed by atoms with Gasteiger partial charge in [-0.05, 0) is 11.6 Å². The molecule has 0 spiro atoms. The summed E-state index contributed by atoms with van der Waals surface area (Å²) in [5, 5.41) is 8.57. The smallest absolute Gasteiger partial charge is 0.307 e. The summed E-state index contributed by atoms with van der Waals surface area (Å²) in [6, 6.07) is 3.92. The highest BCUT2D eigenvalue weighted by Crippen LogP contribution is 2.22. The highest BCUT2D eigenvalue weighted by Gasteiger charge is 2.23. The lowest BCUT2D eigenvalue weighted by Crippen LogP contribution is -2.20. The van der Waals surface area contributed by atoms with Crippen LogP contribution in [0, 0.1) is 11.2 Å². The van der Waals surface area contributed by atoms with Crippen LogP contribution in [0.4, 0.5) is 4.39 Å². The molecule has 92 valence electrons. The second-order valence-corrected chi connectivity index (χ2v) is 4.96. The first-order chi connectivity index (χ1) is 7.71. The number of hydrogen-bond donors (Lipinski definition) is 1. The van der Waals surface area contributed by atoms with Crippen molar-refractivity contribution >= 4 is 11.8 Å². The number of halogens is 1. The van der Waals surface area contributed by atoms with Crippen LogP contribution in [0.15, 0.2) is 18.2 Å². The van der Waals surface area contributed by atoms with Crippen LogP contribution in [0.3, 0.4) is 0 Å². The van der Waals surface area contributed by atoms with Gasteiger partial charge in [-0.15, -0.1) is 0 Å². The number of carboxylic acids is 1. The number of ketones is 1. The molecule has 0 saturated carbocycles. The van der Waals surface area contributed by atoms with Gasteiger partial charge in [-0.1, -0.05) is 32.9 Å². The zero-order valence-electron chi connectivity index (χ0n) is 10.1. The van der Waals surface area contributed by atoms with Gasteiger partial charge in [-0.3, -0.25) is 9.59 Å².